The summed E-state index contributed by atoms with van der Waals surface area (Å²) in [5.74, 6) is 0.718. The van der Waals surface area contributed by atoms with E-state index in [2.05, 4.69) is 19.2 Å². The van der Waals surface area contributed by atoms with E-state index in [0.717, 1.165) is 5.56 Å². The summed E-state index contributed by atoms with van der Waals surface area (Å²) in [6.45, 7) is 5.18. The highest BCUT2D eigenvalue weighted by Gasteiger charge is 2.34. The average Bonchev–Trinajstić information content (AvgIpc) is 2.67. The Balaban J connectivity index is 1.92. The monoisotopic (exact) mass is 352 g/mol. The third-order valence-corrected chi connectivity index (χ3v) is 4.71. The summed E-state index contributed by atoms with van der Waals surface area (Å²) >= 11 is 0. The zero-order chi connectivity index (χ0) is 18.7. The van der Waals surface area contributed by atoms with Crippen LogP contribution in [-0.2, 0) is 4.79 Å². The number of hydrogen-bond acceptors (Lipinski definition) is 3. The molecule has 3 rings (SSSR count). The zero-order valence-corrected chi connectivity index (χ0v) is 15.4. The molecule has 2 amide bonds. The first-order chi connectivity index (χ1) is 12.5. The van der Waals surface area contributed by atoms with E-state index < -0.39 is 6.04 Å². The zero-order valence-electron chi connectivity index (χ0n) is 15.4. The van der Waals surface area contributed by atoms with Crippen molar-refractivity contribution in [1.29, 1.82) is 0 Å². The van der Waals surface area contributed by atoms with Crippen LogP contribution in [0.4, 0.5) is 0 Å². The number of amides is 2. The number of rotatable bonds is 4. The summed E-state index contributed by atoms with van der Waals surface area (Å²) in [5.41, 5.74) is 2.54. The smallest absolute Gasteiger partial charge is 0.255 e. The molecule has 0 aliphatic carbocycles. The van der Waals surface area contributed by atoms with Crippen molar-refractivity contribution >= 4 is 11.8 Å². The van der Waals surface area contributed by atoms with Gasteiger partial charge in [0.2, 0.25) is 5.91 Å². The summed E-state index contributed by atoms with van der Waals surface area (Å²) < 4.78 is 5.21. The van der Waals surface area contributed by atoms with E-state index in [1.54, 1.807) is 36.3 Å². The first-order valence-corrected chi connectivity index (χ1v) is 8.84. The number of piperazine rings is 1. The van der Waals surface area contributed by atoms with Gasteiger partial charge in [0.25, 0.3) is 5.91 Å². The van der Waals surface area contributed by atoms with Crippen LogP contribution in [0.2, 0.25) is 0 Å². The van der Waals surface area contributed by atoms with Crippen molar-refractivity contribution in [2.24, 2.45) is 0 Å². The molecular weight excluding hydrogens is 328 g/mol. The average molecular weight is 352 g/mol. The molecule has 1 heterocycles. The van der Waals surface area contributed by atoms with Crippen LogP contribution in [0, 0.1) is 0 Å². The van der Waals surface area contributed by atoms with E-state index in [1.165, 1.54) is 5.56 Å². The Hall–Kier alpha value is -2.82. The Morgan fingerprint density at radius 3 is 2.58 bits per heavy atom. The molecule has 0 bridgehead atoms. The van der Waals surface area contributed by atoms with Crippen LogP contribution < -0.4 is 10.1 Å². The van der Waals surface area contributed by atoms with Crippen LogP contribution in [0.25, 0.3) is 0 Å². The van der Waals surface area contributed by atoms with Gasteiger partial charge in [0.05, 0.1) is 7.11 Å². The fraction of sp³-hybridized carbons (Fsp3) is 0.333. The number of nitrogens with one attached hydrogen (secondary N) is 1. The van der Waals surface area contributed by atoms with Crippen LogP contribution in [0.1, 0.15) is 47.3 Å². The molecule has 0 aromatic heterocycles. The molecule has 1 aliphatic heterocycles. The van der Waals surface area contributed by atoms with E-state index in [4.69, 9.17) is 4.74 Å². The van der Waals surface area contributed by atoms with Gasteiger partial charge in [0, 0.05) is 18.7 Å². The Morgan fingerprint density at radius 2 is 1.92 bits per heavy atom. The summed E-state index contributed by atoms with van der Waals surface area (Å²) in [6, 6.07) is 14.3. The SMILES string of the molecule is COc1cccc(C(=O)N2CCNC(=O)C2c2ccc(C(C)C)cc2)c1. The fourth-order valence-electron chi connectivity index (χ4n) is 3.20. The lowest BCUT2D eigenvalue weighted by atomic mass is 9.96. The second-order valence-electron chi connectivity index (χ2n) is 6.75. The van der Waals surface area contributed by atoms with E-state index >= 15 is 0 Å². The molecule has 1 N–H and O–H groups in total. The number of ether oxygens (including phenoxy) is 1. The van der Waals surface area contributed by atoms with Crippen LogP contribution in [0.15, 0.2) is 48.5 Å². The fourth-order valence-corrected chi connectivity index (χ4v) is 3.20. The molecule has 0 spiro atoms. The Kier molecular flexibility index (Phi) is 5.26. The van der Waals surface area contributed by atoms with Gasteiger partial charge in [-0.15, -0.1) is 0 Å². The van der Waals surface area contributed by atoms with Crippen molar-refractivity contribution in [3.05, 3.63) is 65.2 Å². The summed E-state index contributed by atoms with van der Waals surface area (Å²) in [5, 5.41) is 2.87. The quantitative estimate of drug-likeness (QED) is 0.920. The molecule has 1 aliphatic rings. The number of benzene rings is 2. The highest BCUT2D eigenvalue weighted by atomic mass is 16.5. The van der Waals surface area contributed by atoms with Crippen molar-refractivity contribution in [1.82, 2.24) is 10.2 Å². The largest absolute Gasteiger partial charge is 0.497 e. The van der Waals surface area contributed by atoms with E-state index in [1.807, 2.05) is 24.3 Å². The van der Waals surface area contributed by atoms with Crippen LogP contribution >= 0.6 is 0 Å². The van der Waals surface area contributed by atoms with Gasteiger partial charge in [0.15, 0.2) is 0 Å². The van der Waals surface area contributed by atoms with Crippen LogP contribution in [0.3, 0.4) is 0 Å². The second-order valence-corrected chi connectivity index (χ2v) is 6.75. The Morgan fingerprint density at radius 1 is 1.19 bits per heavy atom. The second kappa shape index (κ2) is 7.60. The normalized spacial score (nSPS) is 17.2. The molecular formula is C21H24N2O3. The van der Waals surface area contributed by atoms with Gasteiger partial charge < -0.3 is 15.0 Å². The number of carbonyl (C=O) groups is 2. The third-order valence-electron chi connectivity index (χ3n) is 4.71. The van der Waals surface area contributed by atoms with Crippen molar-refractivity contribution in [2.45, 2.75) is 25.8 Å². The van der Waals surface area contributed by atoms with Gasteiger partial charge in [-0.05, 0) is 35.2 Å². The Labute approximate surface area is 154 Å². The molecule has 2 aromatic rings. The van der Waals surface area contributed by atoms with Gasteiger partial charge >= 0.3 is 0 Å². The molecule has 1 fully saturated rings. The predicted molar refractivity (Wildman–Crippen MR) is 100 cm³/mol. The maximum absolute atomic E-state index is 13.1. The molecule has 0 radical (unpaired) electrons. The maximum Gasteiger partial charge on any atom is 0.255 e. The lowest BCUT2D eigenvalue weighted by molar-refractivity contribution is -0.128. The molecule has 5 heteroatoms. The minimum absolute atomic E-state index is 0.148. The summed E-state index contributed by atoms with van der Waals surface area (Å²) in [7, 11) is 1.57. The van der Waals surface area contributed by atoms with Crippen LogP contribution in [0.5, 0.6) is 5.75 Å². The van der Waals surface area contributed by atoms with E-state index in [9.17, 15) is 9.59 Å². The number of methoxy groups -OCH3 is 1. The van der Waals surface area contributed by atoms with Crippen LogP contribution in [-0.4, -0.2) is 36.9 Å². The van der Waals surface area contributed by atoms with Crippen molar-refractivity contribution in [3.63, 3.8) is 0 Å². The highest BCUT2D eigenvalue weighted by molar-refractivity contribution is 5.98. The molecule has 5 nitrogen and oxygen atoms in total. The van der Waals surface area contributed by atoms with Gasteiger partial charge in [-0.25, -0.2) is 0 Å². The predicted octanol–water partition coefficient (Wildman–Crippen LogP) is 3.13. The number of carbonyl (C=O) groups excluding carboxylic acids is 2. The molecule has 26 heavy (non-hydrogen) atoms. The van der Waals surface area contributed by atoms with Gasteiger partial charge in [-0.3, -0.25) is 9.59 Å². The van der Waals surface area contributed by atoms with E-state index in [-0.39, 0.29) is 11.8 Å². The van der Waals surface area contributed by atoms with Crippen molar-refractivity contribution in [3.8, 4) is 5.75 Å². The number of nitrogens with zero attached hydrogens (tertiary/aromatic N) is 1. The summed E-state index contributed by atoms with van der Waals surface area (Å²) in [4.78, 5) is 27.3. The van der Waals surface area contributed by atoms with Crippen molar-refractivity contribution in [2.75, 3.05) is 20.2 Å². The van der Waals surface area contributed by atoms with Crippen molar-refractivity contribution < 1.29 is 14.3 Å². The molecule has 1 atom stereocenters. The third kappa shape index (κ3) is 3.57. The molecule has 0 saturated carbocycles. The first-order valence-electron chi connectivity index (χ1n) is 8.84. The Bertz CT molecular complexity index is 799. The molecule has 1 saturated heterocycles. The molecule has 1 unspecified atom stereocenters. The summed E-state index contributed by atoms with van der Waals surface area (Å²) in [6.07, 6.45) is 0. The minimum Gasteiger partial charge on any atom is -0.497 e. The lowest BCUT2D eigenvalue weighted by Gasteiger charge is -2.35. The van der Waals surface area contributed by atoms with Gasteiger partial charge in [0.1, 0.15) is 11.8 Å². The standard InChI is InChI=1S/C21H24N2O3/c1-14(2)15-7-9-16(10-8-15)19-20(24)22-11-12-23(19)21(25)17-5-4-6-18(13-17)26-3/h4-10,13-14,19H,11-12H2,1-3H3,(H,22,24). The van der Waals surface area contributed by atoms with Gasteiger partial charge in [-0.1, -0.05) is 44.2 Å². The molecule has 136 valence electrons. The number of hydrogen-bond donors (Lipinski definition) is 1. The maximum atomic E-state index is 13.1. The minimum atomic E-state index is -0.622. The van der Waals surface area contributed by atoms with E-state index in [0.29, 0.717) is 30.3 Å². The lowest BCUT2D eigenvalue weighted by Crippen LogP contribution is -2.52. The topological polar surface area (TPSA) is 58.6 Å². The first kappa shape index (κ1) is 18.0. The molecule has 2 aromatic carbocycles. The highest BCUT2D eigenvalue weighted by Crippen LogP contribution is 2.27. The van der Waals surface area contributed by atoms with Gasteiger partial charge in [-0.2, -0.15) is 0 Å².